The van der Waals surface area contributed by atoms with Gasteiger partial charge in [-0.15, -0.1) is 0 Å². The summed E-state index contributed by atoms with van der Waals surface area (Å²) in [6.45, 7) is 15.3. The van der Waals surface area contributed by atoms with E-state index in [2.05, 4.69) is 69.1 Å². The third-order valence-corrected chi connectivity index (χ3v) is 16.1. The largest absolute Gasteiger partial charge is 0.416 e. The SMILES string of the molecule is CCCc1c(Cc2ccc(-c3ccccc3C#N)cc2)c(=O)n(C2CCC(OCC3(CO[Si](C)(C)C(C)(C)C)CCC3)CC2)c2ncnn12. The van der Waals surface area contributed by atoms with Crippen molar-refractivity contribution in [2.75, 3.05) is 13.2 Å². The molecule has 2 aromatic heterocycles. The smallest absolute Gasteiger partial charge is 0.259 e. The summed E-state index contributed by atoms with van der Waals surface area (Å²) in [6, 6.07) is 18.2. The third-order valence-electron chi connectivity index (χ3n) is 11.6. The van der Waals surface area contributed by atoms with Gasteiger partial charge in [0, 0.05) is 30.0 Å². The molecule has 0 amide bonds. The first-order valence-corrected chi connectivity index (χ1v) is 21.2. The second kappa shape index (κ2) is 14.3. The highest BCUT2D eigenvalue weighted by atomic mass is 28.4. The van der Waals surface area contributed by atoms with E-state index in [1.165, 1.54) is 19.3 Å². The van der Waals surface area contributed by atoms with Gasteiger partial charge in [0.15, 0.2) is 8.32 Å². The minimum atomic E-state index is -1.81. The molecular formula is C40H53N5O3Si. The molecule has 49 heavy (non-hydrogen) atoms. The summed E-state index contributed by atoms with van der Waals surface area (Å²) in [7, 11) is -1.81. The topological polar surface area (TPSA) is 94.4 Å². The van der Waals surface area contributed by atoms with Crippen LogP contribution < -0.4 is 5.56 Å². The van der Waals surface area contributed by atoms with Crippen LogP contribution in [0.25, 0.3) is 16.9 Å². The Morgan fingerprint density at radius 3 is 2.37 bits per heavy atom. The quantitative estimate of drug-likeness (QED) is 0.139. The summed E-state index contributed by atoms with van der Waals surface area (Å²) in [5.41, 5.74) is 5.54. The lowest BCUT2D eigenvalue weighted by Gasteiger charge is -2.46. The molecule has 0 N–H and O–H groups in total. The summed E-state index contributed by atoms with van der Waals surface area (Å²) in [5, 5.41) is 14.4. The van der Waals surface area contributed by atoms with Crippen LogP contribution in [0.5, 0.6) is 0 Å². The molecule has 0 saturated heterocycles. The first kappa shape index (κ1) is 35.3. The van der Waals surface area contributed by atoms with E-state index in [9.17, 15) is 10.1 Å². The Labute approximate surface area is 292 Å². The Kier molecular flexibility index (Phi) is 10.3. The van der Waals surface area contributed by atoms with Crippen LogP contribution in [0.2, 0.25) is 18.1 Å². The van der Waals surface area contributed by atoms with Gasteiger partial charge in [-0.25, -0.2) is 4.52 Å². The molecule has 0 atom stereocenters. The number of aromatic nitrogens is 4. The fourth-order valence-electron chi connectivity index (χ4n) is 7.24. The maximum Gasteiger partial charge on any atom is 0.259 e. The van der Waals surface area contributed by atoms with Crippen LogP contribution in [-0.4, -0.2) is 46.8 Å². The van der Waals surface area contributed by atoms with Crippen molar-refractivity contribution in [1.82, 2.24) is 19.2 Å². The Morgan fingerprint density at radius 1 is 1.02 bits per heavy atom. The molecule has 2 fully saturated rings. The van der Waals surface area contributed by atoms with Gasteiger partial charge in [0.05, 0.1) is 30.0 Å². The van der Waals surface area contributed by atoms with Crippen molar-refractivity contribution in [2.45, 2.75) is 122 Å². The molecule has 2 aliphatic carbocycles. The monoisotopic (exact) mass is 679 g/mol. The van der Waals surface area contributed by atoms with Gasteiger partial charge in [-0.05, 0) is 85.8 Å². The number of nitrogens with zero attached hydrogens (tertiary/aromatic N) is 5. The third kappa shape index (κ3) is 7.33. The molecule has 8 nitrogen and oxygen atoms in total. The molecule has 2 saturated carbocycles. The Morgan fingerprint density at radius 2 is 1.73 bits per heavy atom. The molecule has 4 aromatic rings. The van der Waals surface area contributed by atoms with Crippen LogP contribution in [0.1, 0.15) is 107 Å². The van der Waals surface area contributed by atoms with Gasteiger partial charge < -0.3 is 9.16 Å². The zero-order chi connectivity index (χ0) is 34.8. The summed E-state index contributed by atoms with van der Waals surface area (Å²) < 4.78 is 17.1. The minimum Gasteiger partial charge on any atom is -0.416 e. The second-order valence-corrected chi connectivity index (χ2v) is 20.8. The molecule has 2 aliphatic rings. The number of nitriles is 1. The zero-order valence-electron chi connectivity index (χ0n) is 30.3. The van der Waals surface area contributed by atoms with Gasteiger partial charge in [0.2, 0.25) is 5.78 Å². The van der Waals surface area contributed by atoms with Crippen LogP contribution in [0.3, 0.4) is 0 Å². The highest BCUT2D eigenvalue weighted by Crippen LogP contribution is 2.45. The van der Waals surface area contributed by atoms with Crippen LogP contribution in [0, 0.1) is 16.7 Å². The predicted octanol–water partition coefficient (Wildman–Crippen LogP) is 8.67. The predicted molar refractivity (Wildman–Crippen MR) is 197 cm³/mol. The van der Waals surface area contributed by atoms with E-state index in [-0.39, 0.29) is 28.2 Å². The fraction of sp³-hybridized carbons (Fsp3) is 0.550. The van der Waals surface area contributed by atoms with Gasteiger partial charge >= 0.3 is 0 Å². The average molecular weight is 680 g/mol. The standard InChI is InChI=1S/C40H53N5O3Si/c1-7-11-36-35(24-29-14-16-30(17-15-29)34-13-9-8-12-31(34)25-41)37(46)44(38-42-28-43-45(36)38)32-18-20-33(21-19-32)47-26-40(22-10-23-40)27-48-49(5,6)39(2,3)4/h8-9,12-17,28,32-33H,7,10-11,18-24,26-27H2,1-6H3. The summed E-state index contributed by atoms with van der Waals surface area (Å²) in [6.07, 6.45) is 11.2. The van der Waals surface area contributed by atoms with Gasteiger partial charge in [-0.2, -0.15) is 15.3 Å². The Hall–Kier alpha value is -3.58. The highest BCUT2D eigenvalue weighted by molar-refractivity contribution is 6.74. The van der Waals surface area contributed by atoms with Gasteiger partial charge in [-0.3, -0.25) is 9.36 Å². The number of aryl methyl sites for hydroxylation is 1. The molecule has 0 aliphatic heterocycles. The maximum atomic E-state index is 14.5. The van der Waals surface area contributed by atoms with E-state index in [1.54, 1.807) is 6.33 Å². The van der Waals surface area contributed by atoms with Crippen LogP contribution in [-0.2, 0) is 22.0 Å². The first-order valence-electron chi connectivity index (χ1n) is 18.3. The Bertz CT molecular complexity index is 1850. The minimum absolute atomic E-state index is 0.0448. The van der Waals surface area contributed by atoms with Crippen molar-refractivity contribution in [1.29, 1.82) is 5.26 Å². The molecular weight excluding hydrogens is 627 g/mol. The van der Waals surface area contributed by atoms with Gasteiger partial charge in [0.25, 0.3) is 5.56 Å². The van der Waals surface area contributed by atoms with Crippen molar-refractivity contribution in [3.05, 3.63) is 87.6 Å². The molecule has 6 rings (SSSR count). The lowest BCUT2D eigenvalue weighted by Crippen LogP contribution is -2.47. The molecule has 2 aromatic carbocycles. The number of fused-ring (bicyclic) bond motifs is 1. The molecule has 0 bridgehead atoms. The number of ether oxygens (including phenoxy) is 1. The lowest BCUT2D eigenvalue weighted by atomic mass is 9.70. The fourth-order valence-corrected chi connectivity index (χ4v) is 8.34. The summed E-state index contributed by atoms with van der Waals surface area (Å²) >= 11 is 0. The van der Waals surface area contributed by atoms with Crippen molar-refractivity contribution in [2.24, 2.45) is 5.41 Å². The normalized spacial score (nSPS) is 19.4. The summed E-state index contributed by atoms with van der Waals surface area (Å²) in [5.74, 6) is 0.640. The molecule has 0 unspecified atom stereocenters. The van der Waals surface area contributed by atoms with E-state index in [0.717, 1.165) is 79.7 Å². The maximum absolute atomic E-state index is 14.5. The molecule has 2 heterocycles. The van der Waals surface area contributed by atoms with Gasteiger partial charge in [0.1, 0.15) is 6.33 Å². The van der Waals surface area contributed by atoms with Crippen LogP contribution >= 0.6 is 0 Å². The van der Waals surface area contributed by atoms with E-state index in [4.69, 9.17) is 9.16 Å². The van der Waals surface area contributed by atoms with E-state index in [1.807, 2.05) is 45.5 Å². The second-order valence-electron chi connectivity index (χ2n) is 16.0. The van der Waals surface area contributed by atoms with Crippen LogP contribution in [0.4, 0.5) is 0 Å². The Balaban J connectivity index is 1.18. The molecule has 260 valence electrons. The number of hydrogen-bond donors (Lipinski definition) is 0. The molecule has 9 heteroatoms. The van der Waals surface area contributed by atoms with E-state index in [0.29, 0.717) is 17.8 Å². The first-order chi connectivity index (χ1) is 23.4. The van der Waals surface area contributed by atoms with Crippen molar-refractivity contribution < 1.29 is 9.16 Å². The number of rotatable bonds is 12. The van der Waals surface area contributed by atoms with E-state index < -0.39 is 8.32 Å². The molecule has 0 spiro atoms. The number of benzene rings is 2. The van der Waals surface area contributed by atoms with Crippen molar-refractivity contribution >= 4 is 14.1 Å². The van der Waals surface area contributed by atoms with Crippen LogP contribution in [0.15, 0.2) is 59.7 Å². The highest BCUT2D eigenvalue weighted by Gasteiger charge is 2.43. The van der Waals surface area contributed by atoms with Gasteiger partial charge in [-0.1, -0.05) is 83.0 Å². The van der Waals surface area contributed by atoms with E-state index >= 15 is 0 Å². The molecule has 0 radical (unpaired) electrons. The van der Waals surface area contributed by atoms with Crippen molar-refractivity contribution in [3.63, 3.8) is 0 Å². The van der Waals surface area contributed by atoms with Crippen molar-refractivity contribution in [3.8, 4) is 17.2 Å². The average Bonchev–Trinajstić information content (AvgIpc) is 3.55. The zero-order valence-corrected chi connectivity index (χ0v) is 31.3. The number of hydrogen-bond acceptors (Lipinski definition) is 6. The lowest BCUT2D eigenvalue weighted by molar-refractivity contribution is -0.0784. The summed E-state index contributed by atoms with van der Waals surface area (Å²) in [4.78, 5) is 19.1.